The molecule has 3 heterocycles. The molecule has 1 aliphatic heterocycles. The Bertz CT molecular complexity index is 1170. The van der Waals surface area contributed by atoms with Crippen molar-refractivity contribution in [1.29, 1.82) is 0 Å². The lowest BCUT2D eigenvalue weighted by Gasteiger charge is -2.36. The lowest BCUT2D eigenvalue weighted by molar-refractivity contribution is 0.0240. The maximum Gasteiger partial charge on any atom is 0.410 e. The van der Waals surface area contributed by atoms with Gasteiger partial charge in [0.1, 0.15) is 16.4 Å². The smallest absolute Gasteiger partial charge is 0.410 e. The van der Waals surface area contributed by atoms with Gasteiger partial charge in [0, 0.05) is 48.0 Å². The summed E-state index contributed by atoms with van der Waals surface area (Å²) >= 11 is 4.76. The quantitative estimate of drug-likeness (QED) is 0.531. The molecule has 0 atom stereocenters. The van der Waals surface area contributed by atoms with E-state index in [4.69, 9.17) is 10.5 Å². The number of halogens is 1. The number of anilines is 2. The van der Waals surface area contributed by atoms with Gasteiger partial charge in [-0.3, -0.25) is 4.79 Å². The molecule has 164 valence electrons. The first kappa shape index (κ1) is 21.6. The van der Waals surface area contributed by atoms with Crippen LogP contribution in [0.1, 0.15) is 20.8 Å². The summed E-state index contributed by atoms with van der Waals surface area (Å²) in [6.45, 7) is 7.67. The molecule has 0 spiro atoms. The third kappa shape index (κ3) is 4.82. The third-order valence-corrected chi connectivity index (χ3v) is 6.07. The van der Waals surface area contributed by atoms with Crippen LogP contribution in [-0.4, -0.2) is 57.4 Å². The maximum atomic E-state index is 12.7. The van der Waals surface area contributed by atoms with Gasteiger partial charge in [0.2, 0.25) is 4.96 Å². The number of ether oxygens (including phenoxy) is 1. The van der Waals surface area contributed by atoms with Crippen molar-refractivity contribution in [1.82, 2.24) is 19.5 Å². The summed E-state index contributed by atoms with van der Waals surface area (Å²) in [5.74, 6) is 0.581. The van der Waals surface area contributed by atoms with Crippen LogP contribution in [0.25, 0.3) is 15.5 Å². The van der Waals surface area contributed by atoms with Crippen LogP contribution in [0.4, 0.5) is 16.3 Å². The molecule has 0 saturated carbocycles. The first-order valence-corrected chi connectivity index (χ1v) is 11.4. The van der Waals surface area contributed by atoms with Gasteiger partial charge in [-0.05, 0) is 39.0 Å². The van der Waals surface area contributed by atoms with E-state index in [1.165, 1.54) is 21.9 Å². The van der Waals surface area contributed by atoms with E-state index in [9.17, 15) is 9.59 Å². The van der Waals surface area contributed by atoms with Crippen LogP contribution in [-0.2, 0) is 4.74 Å². The molecule has 0 radical (unpaired) electrons. The number of piperazine rings is 1. The number of nitrogens with two attached hydrogens (primary N) is 1. The van der Waals surface area contributed by atoms with Gasteiger partial charge in [0.15, 0.2) is 0 Å². The van der Waals surface area contributed by atoms with E-state index in [0.29, 0.717) is 47.7 Å². The van der Waals surface area contributed by atoms with Crippen molar-refractivity contribution in [2.75, 3.05) is 36.8 Å². The van der Waals surface area contributed by atoms with E-state index in [1.807, 2.05) is 37.8 Å². The summed E-state index contributed by atoms with van der Waals surface area (Å²) in [5.41, 5.74) is 6.57. The summed E-state index contributed by atoms with van der Waals surface area (Å²) in [7, 11) is 0. The molecule has 31 heavy (non-hydrogen) atoms. The van der Waals surface area contributed by atoms with Gasteiger partial charge in [-0.25, -0.2) is 9.78 Å². The average Bonchev–Trinajstić information content (AvgIpc) is 3.11. The third-order valence-electron chi connectivity index (χ3n) is 4.65. The molecule has 0 bridgehead atoms. The molecule has 1 amide bonds. The Labute approximate surface area is 191 Å². The molecule has 1 fully saturated rings. The molecule has 1 aromatic carbocycles. The van der Waals surface area contributed by atoms with Crippen molar-refractivity contribution in [2.24, 2.45) is 0 Å². The summed E-state index contributed by atoms with van der Waals surface area (Å²) in [4.78, 5) is 33.8. The van der Waals surface area contributed by atoms with E-state index < -0.39 is 5.60 Å². The fourth-order valence-corrected chi connectivity index (χ4v) is 4.66. The number of nitrogen functional groups attached to an aromatic ring is 1. The van der Waals surface area contributed by atoms with E-state index in [-0.39, 0.29) is 11.7 Å². The van der Waals surface area contributed by atoms with E-state index in [1.54, 1.807) is 11.0 Å². The lowest BCUT2D eigenvalue weighted by Crippen LogP contribution is -2.50. The Morgan fingerprint density at radius 2 is 1.87 bits per heavy atom. The Morgan fingerprint density at radius 1 is 1.16 bits per heavy atom. The molecule has 11 heteroatoms. The van der Waals surface area contributed by atoms with Gasteiger partial charge in [-0.1, -0.05) is 27.3 Å². The van der Waals surface area contributed by atoms with Gasteiger partial charge < -0.3 is 20.3 Å². The van der Waals surface area contributed by atoms with E-state index in [2.05, 4.69) is 26.0 Å². The van der Waals surface area contributed by atoms with Crippen molar-refractivity contribution in [3.63, 3.8) is 0 Å². The zero-order valence-electron chi connectivity index (χ0n) is 17.5. The molecular weight excluding hydrogens is 484 g/mol. The molecule has 1 aliphatic rings. The van der Waals surface area contributed by atoms with Crippen molar-refractivity contribution >= 4 is 49.8 Å². The fourth-order valence-electron chi connectivity index (χ4n) is 3.26. The number of nitrogens with zero attached hydrogens (tertiary/aromatic N) is 5. The second kappa shape index (κ2) is 8.12. The van der Waals surface area contributed by atoms with Crippen LogP contribution in [0.3, 0.4) is 0 Å². The highest BCUT2D eigenvalue weighted by Gasteiger charge is 2.27. The largest absolute Gasteiger partial charge is 0.444 e. The minimum absolute atomic E-state index is 0.250. The van der Waals surface area contributed by atoms with Crippen molar-refractivity contribution in [2.45, 2.75) is 26.4 Å². The number of hydrogen-bond donors (Lipinski definition) is 1. The topological polar surface area (TPSA) is 106 Å². The summed E-state index contributed by atoms with van der Waals surface area (Å²) in [5, 5.41) is 5.07. The number of aromatic nitrogens is 3. The average molecular weight is 507 g/mol. The lowest BCUT2D eigenvalue weighted by atomic mass is 10.2. The standard InChI is InChI=1S/C20H23BrN6O3S/c1-20(2,3)30-19(29)26-6-4-25(5-7-26)15-11-16(28)27-18(23-15)31-17(24-27)12-8-13(21)10-14(22)9-12/h8-11H,4-7,22H2,1-3H3. The summed E-state index contributed by atoms with van der Waals surface area (Å²) in [6, 6.07) is 6.99. The monoisotopic (exact) mass is 506 g/mol. The summed E-state index contributed by atoms with van der Waals surface area (Å²) < 4.78 is 7.58. The van der Waals surface area contributed by atoms with Crippen LogP contribution < -0.4 is 16.2 Å². The van der Waals surface area contributed by atoms with Crippen LogP contribution in [0, 0.1) is 0 Å². The predicted molar refractivity (Wildman–Crippen MR) is 125 cm³/mol. The van der Waals surface area contributed by atoms with E-state index >= 15 is 0 Å². The normalized spacial score (nSPS) is 14.8. The minimum Gasteiger partial charge on any atom is -0.444 e. The molecule has 2 aromatic heterocycles. The number of amides is 1. The van der Waals surface area contributed by atoms with Gasteiger partial charge in [-0.15, -0.1) is 0 Å². The van der Waals surface area contributed by atoms with Crippen LogP contribution in [0.5, 0.6) is 0 Å². The number of fused-ring (bicyclic) bond motifs is 1. The molecule has 3 aromatic rings. The highest BCUT2D eigenvalue weighted by atomic mass is 79.9. The van der Waals surface area contributed by atoms with Gasteiger partial charge in [0.25, 0.3) is 5.56 Å². The van der Waals surface area contributed by atoms with Gasteiger partial charge in [-0.2, -0.15) is 9.61 Å². The van der Waals surface area contributed by atoms with Crippen molar-refractivity contribution < 1.29 is 9.53 Å². The molecule has 0 unspecified atom stereocenters. The molecular formula is C20H23BrN6O3S. The number of carbonyl (C=O) groups excluding carboxylic acids is 1. The Hall–Kier alpha value is -2.66. The highest BCUT2D eigenvalue weighted by molar-refractivity contribution is 9.10. The molecule has 1 saturated heterocycles. The Balaban J connectivity index is 1.55. The second-order valence-corrected chi connectivity index (χ2v) is 10.2. The number of carbonyl (C=O) groups is 1. The highest BCUT2D eigenvalue weighted by Crippen LogP contribution is 2.29. The zero-order valence-corrected chi connectivity index (χ0v) is 19.9. The first-order chi connectivity index (χ1) is 14.6. The van der Waals surface area contributed by atoms with E-state index in [0.717, 1.165) is 10.0 Å². The van der Waals surface area contributed by atoms with Crippen LogP contribution in [0.2, 0.25) is 0 Å². The zero-order chi connectivity index (χ0) is 22.3. The van der Waals surface area contributed by atoms with Crippen molar-refractivity contribution in [3.05, 3.63) is 39.1 Å². The molecule has 4 rings (SSSR count). The Kier molecular flexibility index (Phi) is 5.65. The Morgan fingerprint density at radius 3 is 2.52 bits per heavy atom. The predicted octanol–water partition coefficient (Wildman–Crippen LogP) is 3.22. The van der Waals surface area contributed by atoms with Crippen molar-refractivity contribution in [3.8, 4) is 10.6 Å². The minimum atomic E-state index is -0.529. The fraction of sp³-hybridized carbons (Fsp3) is 0.400. The summed E-state index contributed by atoms with van der Waals surface area (Å²) in [6.07, 6.45) is -0.323. The molecule has 9 nitrogen and oxygen atoms in total. The maximum absolute atomic E-state index is 12.7. The molecule has 0 aliphatic carbocycles. The van der Waals surface area contributed by atoms with Crippen LogP contribution >= 0.6 is 27.3 Å². The SMILES string of the molecule is CC(C)(C)OC(=O)N1CCN(c2cc(=O)n3nc(-c4cc(N)cc(Br)c4)sc3n2)CC1. The number of hydrogen-bond acceptors (Lipinski definition) is 8. The van der Waals surface area contributed by atoms with Crippen LogP contribution in [0.15, 0.2) is 33.5 Å². The molecule has 2 N–H and O–H groups in total. The van der Waals surface area contributed by atoms with Gasteiger partial charge >= 0.3 is 6.09 Å². The number of rotatable bonds is 2. The van der Waals surface area contributed by atoms with Gasteiger partial charge in [0.05, 0.1) is 0 Å². The second-order valence-electron chi connectivity index (χ2n) is 8.28. The number of benzene rings is 1. The first-order valence-electron chi connectivity index (χ1n) is 9.79.